The molecule has 0 bridgehead atoms. The van der Waals surface area contributed by atoms with Crippen molar-refractivity contribution < 1.29 is 9.53 Å². The fourth-order valence-corrected chi connectivity index (χ4v) is 2.73. The quantitative estimate of drug-likeness (QED) is 0.705. The first kappa shape index (κ1) is 17.9. The van der Waals surface area contributed by atoms with Crippen molar-refractivity contribution in [1.82, 2.24) is 25.6 Å². The number of aromatic nitrogens is 3. The lowest BCUT2D eigenvalue weighted by molar-refractivity contribution is 0.0920. The molecule has 7 heteroatoms. The van der Waals surface area contributed by atoms with Crippen LogP contribution in [0.25, 0.3) is 0 Å². The standard InChI is InChI=1S/C16H29N5O2/c1-12(2)11-23-10-4-7-18-16(22)15-13(3)21(20-19-15)14-5-8-17-9-6-14/h12,14,17H,4-11H2,1-3H3,(H,18,22). The molecule has 0 aromatic carbocycles. The van der Waals surface area contributed by atoms with E-state index < -0.39 is 0 Å². The van der Waals surface area contributed by atoms with E-state index in [9.17, 15) is 4.79 Å². The molecule has 7 nitrogen and oxygen atoms in total. The highest BCUT2D eigenvalue weighted by Gasteiger charge is 2.22. The normalized spacial score (nSPS) is 16.0. The van der Waals surface area contributed by atoms with E-state index in [0.717, 1.165) is 44.7 Å². The lowest BCUT2D eigenvalue weighted by Gasteiger charge is -2.23. The van der Waals surface area contributed by atoms with E-state index in [2.05, 4.69) is 34.8 Å². The van der Waals surface area contributed by atoms with Crippen molar-refractivity contribution in [3.63, 3.8) is 0 Å². The van der Waals surface area contributed by atoms with Gasteiger partial charge in [0.05, 0.1) is 11.7 Å². The average molecular weight is 323 g/mol. The second-order valence-corrected chi connectivity index (χ2v) is 6.53. The predicted molar refractivity (Wildman–Crippen MR) is 88.5 cm³/mol. The maximum Gasteiger partial charge on any atom is 0.273 e. The molecule has 1 fully saturated rings. The Kier molecular flexibility index (Phi) is 6.98. The van der Waals surface area contributed by atoms with Crippen molar-refractivity contribution in [2.24, 2.45) is 5.92 Å². The summed E-state index contributed by atoms with van der Waals surface area (Å²) in [6.07, 6.45) is 2.86. The summed E-state index contributed by atoms with van der Waals surface area (Å²) < 4.78 is 7.40. The molecular weight excluding hydrogens is 294 g/mol. The summed E-state index contributed by atoms with van der Waals surface area (Å²) in [7, 11) is 0. The van der Waals surface area contributed by atoms with Crippen LogP contribution in [0.15, 0.2) is 0 Å². The van der Waals surface area contributed by atoms with Crippen molar-refractivity contribution in [2.45, 2.75) is 46.1 Å². The molecule has 0 radical (unpaired) electrons. The number of carbonyl (C=O) groups is 1. The van der Waals surface area contributed by atoms with Gasteiger partial charge < -0.3 is 15.4 Å². The molecule has 0 unspecified atom stereocenters. The molecule has 0 spiro atoms. The summed E-state index contributed by atoms with van der Waals surface area (Å²) in [5.74, 6) is 0.392. The van der Waals surface area contributed by atoms with Crippen LogP contribution in [0.1, 0.15) is 55.3 Å². The zero-order valence-corrected chi connectivity index (χ0v) is 14.5. The van der Waals surface area contributed by atoms with Gasteiger partial charge in [0.15, 0.2) is 5.69 Å². The van der Waals surface area contributed by atoms with Gasteiger partial charge in [-0.1, -0.05) is 19.1 Å². The Balaban J connectivity index is 1.77. The second-order valence-electron chi connectivity index (χ2n) is 6.53. The SMILES string of the molecule is Cc1c(C(=O)NCCCOCC(C)C)nnn1C1CCNCC1. The lowest BCUT2D eigenvalue weighted by atomic mass is 10.1. The highest BCUT2D eigenvalue weighted by Crippen LogP contribution is 2.20. The lowest BCUT2D eigenvalue weighted by Crippen LogP contribution is -2.30. The second kappa shape index (κ2) is 8.98. The highest BCUT2D eigenvalue weighted by molar-refractivity contribution is 5.93. The van der Waals surface area contributed by atoms with Gasteiger partial charge in [-0.25, -0.2) is 4.68 Å². The monoisotopic (exact) mass is 323 g/mol. The number of rotatable bonds is 8. The van der Waals surface area contributed by atoms with E-state index in [4.69, 9.17) is 4.74 Å². The molecule has 23 heavy (non-hydrogen) atoms. The van der Waals surface area contributed by atoms with Gasteiger partial charge in [0.25, 0.3) is 5.91 Å². The molecular formula is C16H29N5O2. The molecule has 1 aliphatic heterocycles. The minimum atomic E-state index is -0.147. The highest BCUT2D eigenvalue weighted by atomic mass is 16.5. The first-order valence-corrected chi connectivity index (χ1v) is 8.58. The summed E-state index contributed by atoms with van der Waals surface area (Å²) in [5.41, 5.74) is 1.29. The van der Waals surface area contributed by atoms with E-state index in [0.29, 0.717) is 30.8 Å². The number of nitrogens with one attached hydrogen (secondary N) is 2. The molecule has 130 valence electrons. The molecule has 0 atom stereocenters. The number of hydrogen-bond donors (Lipinski definition) is 2. The van der Waals surface area contributed by atoms with Crippen LogP contribution < -0.4 is 10.6 Å². The van der Waals surface area contributed by atoms with E-state index >= 15 is 0 Å². The van der Waals surface area contributed by atoms with Crippen molar-refractivity contribution in [3.8, 4) is 0 Å². The largest absolute Gasteiger partial charge is 0.381 e. The van der Waals surface area contributed by atoms with Gasteiger partial charge in [-0.15, -0.1) is 5.10 Å². The minimum Gasteiger partial charge on any atom is -0.381 e. The van der Waals surface area contributed by atoms with Crippen molar-refractivity contribution in [2.75, 3.05) is 32.8 Å². The molecule has 1 amide bonds. The molecule has 1 aliphatic rings. The third-order valence-electron chi connectivity index (χ3n) is 4.00. The smallest absolute Gasteiger partial charge is 0.273 e. The first-order valence-electron chi connectivity index (χ1n) is 8.58. The van der Waals surface area contributed by atoms with Crippen molar-refractivity contribution in [3.05, 3.63) is 11.4 Å². The average Bonchev–Trinajstić information content (AvgIpc) is 2.93. The predicted octanol–water partition coefficient (Wildman–Crippen LogP) is 1.30. The Bertz CT molecular complexity index is 495. The van der Waals surface area contributed by atoms with Gasteiger partial charge in [-0.2, -0.15) is 0 Å². The summed E-state index contributed by atoms with van der Waals surface area (Å²) in [5, 5.41) is 14.5. The van der Waals surface area contributed by atoms with Crippen LogP contribution in [-0.2, 0) is 4.74 Å². The molecule has 2 rings (SSSR count). The summed E-state index contributed by atoms with van der Waals surface area (Å²) >= 11 is 0. The van der Waals surface area contributed by atoms with Gasteiger partial charge in [-0.05, 0) is 45.2 Å². The van der Waals surface area contributed by atoms with E-state index in [1.54, 1.807) is 0 Å². The number of piperidine rings is 1. The fourth-order valence-electron chi connectivity index (χ4n) is 2.73. The number of ether oxygens (including phenoxy) is 1. The zero-order valence-electron chi connectivity index (χ0n) is 14.5. The van der Waals surface area contributed by atoms with E-state index in [-0.39, 0.29) is 5.91 Å². The van der Waals surface area contributed by atoms with Crippen LogP contribution in [0.5, 0.6) is 0 Å². The van der Waals surface area contributed by atoms with Gasteiger partial charge in [0.1, 0.15) is 0 Å². The molecule has 0 aliphatic carbocycles. The number of hydrogen-bond acceptors (Lipinski definition) is 5. The zero-order chi connectivity index (χ0) is 16.7. The Morgan fingerprint density at radius 3 is 2.87 bits per heavy atom. The van der Waals surface area contributed by atoms with Crippen molar-refractivity contribution in [1.29, 1.82) is 0 Å². The third-order valence-corrected chi connectivity index (χ3v) is 4.00. The fraction of sp³-hybridized carbons (Fsp3) is 0.812. The van der Waals surface area contributed by atoms with E-state index in [1.165, 1.54) is 0 Å². The van der Waals surface area contributed by atoms with Crippen LogP contribution >= 0.6 is 0 Å². The van der Waals surface area contributed by atoms with Gasteiger partial charge in [-0.3, -0.25) is 4.79 Å². The summed E-state index contributed by atoms with van der Waals surface area (Å²) in [6, 6.07) is 0.342. The topological polar surface area (TPSA) is 81.1 Å². The first-order chi connectivity index (χ1) is 11.1. The maximum absolute atomic E-state index is 12.2. The minimum absolute atomic E-state index is 0.147. The Morgan fingerprint density at radius 1 is 1.43 bits per heavy atom. The molecule has 1 aromatic heterocycles. The Hall–Kier alpha value is -1.47. The summed E-state index contributed by atoms with van der Waals surface area (Å²) in [6.45, 7) is 10.2. The van der Waals surface area contributed by atoms with Crippen LogP contribution in [0.4, 0.5) is 0 Å². The molecule has 2 heterocycles. The van der Waals surface area contributed by atoms with Crippen LogP contribution in [-0.4, -0.2) is 53.7 Å². The molecule has 2 N–H and O–H groups in total. The number of carbonyl (C=O) groups excluding carboxylic acids is 1. The van der Waals surface area contributed by atoms with Gasteiger partial charge >= 0.3 is 0 Å². The van der Waals surface area contributed by atoms with Crippen LogP contribution in [0, 0.1) is 12.8 Å². The number of nitrogens with zero attached hydrogens (tertiary/aromatic N) is 3. The van der Waals surface area contributed by atoms with Gasteiger partial charge in [0.2, 0.25) is 0 Å². The maximum atomic E-state index is 12.2. The summed E-state index contributed by atoms with van der Waals surface area (Å²) in [4.78, 5) is 12.2. The Labute approximate surface area is 138 Å². The Morgan fingerprint density at radius 2 is 2.17 bits per heavy atom. The van der Waals surface area contributed by atoms with E-state index in [1.807, 2.05) is 11.6 Å². The molecule has 1 aromatic rings. The third kappa shape index (κ3) is 5.28. The van der Waals surface area contributed by atoms with Gasteiger partial charge in [0, 0.05) is 19.8 Å². The molecule has 0 saturated carbocycles. The van der Waals surface area contributed by atoms with Crippen LogP contribution in [0.3, 0.4) is 0 Å². The molecule has 1 saturated heterocycles. The van der Waals surface area contributed by atoms with Crippen LogP contribution in [0.2, 0.25) is 0 Å². The number of amides is 1. The van der Waals surface area contributed by atoms with Crippen molar-refractivity contribution >= 4 is 5.91 Å².